The molecule has 10 nitrogen and oxygen atoms in total. The number of hydrogen-bond donors (Lipinski definition) is 1. The van der Waals surface area contributed by atoms with Crippen LogP contribution in [0.25, 0.3) is 0 Å². The zero-order chi connectivity index (χ0) is 35.0. The fourth-order valence-corrected chi connectivity index (χ4v) is 9.29. The Hall–Kier alpha value is -4.06. The van der Waals surface area contributed by atoms with E-state index in [0.717, 1.165) is 10.6 Å². The van der Waals surface area contributed by atoms with Crippen LogP contribution in [0.3, 0.4) is 0 Å². The van der Waals surface area contributed by atoms with Crippen molar-refractivity contribution in [1.29, 1.82) is 0 Å². The number of aryl methyl sites for hydroxylation is 1. The highest BCUT2D eigenvalue weighted by molar-refractivity contribution is 9.09. The van der Waals surface area contributed by atoms with Gasteiger partial charge in [-0.05, 0) is 79.8 Å². The number of carbonyl (C=O) groups excluding carboxylic acids is 4. The number of rotatable bonds is 6. The number of nitrogens with zero attached hydrogens (tertiary/aromatic N) is 5. The van der Waals surface area contributed by atoms with Crippen molar-refractivity contribution in [1.82, 2.24) is 4.90 Å². The number of allylic oxidation sites excluding steroid dienone is 2. The molecule has 49 heavy (non-hydrogen) atoms. The Kier molecular flexibility index (Phi) is 8.23. The highest BCUT2D eigenvalue weighted by Crippen LogP contribution is 2.66. The number of imide groups is 2. The third-order valence-electron chi connectivity index (χ3n) is 10.3. The van der Waals surface area contributed by atoms with Gasteiger partial charge in [-0.15, -0.1) is 23.2 Å². The van der Waals surface area contributed by atoms with E-state index in [0.29, 0.717) is 33.8 Å². The molecule has 3 aromatic carbocycles. The van der Waals surface area contributed by atoms with Gasteiger partial charge in [0.15, 0.2) is 9.75 Å². The van der Waals surface area contributed by atoms with E-state index in [-0.39, 0.29) is 30.0 Å². The number of likely N-dealkylation sites (tertiary alicyclic amines) is 1. The average molecular weight is 765 g/mol. The van der Waals surface area contributed by atoms with E-state index in [1.807, 2.05) is 49.3 Å². The smallest absolute Gasteiger partial charge is 0.254 e. The van der Waals surface area contributed by atoms with Gasteiger partial charge in [-0.3, -0.25) is 29.0 Å². The zero-order valence-corrected chi connectivity index (χ0v) is 29.9. The van der Waals surface area contributed by atoms with E-state index in [2.05, 4.69) is 26.2 Å². The maximum absolute atomic E-state index is 14.3. The van der Waals surface area contributed by atoms with Gasteiger partial charge in [0.05, 0.1) is 34.4 Å². The molecule has 2 heterocycles. The molecule has 0 radical (unpaired) electrons. The molecule has 7 rings (SSSR count). The fourth-order valence-electron chi connectivity index (χ4n) is 7.87. The van der Waals surface area contributed by atoms with Crippen LogP contribution in [0.4, 0.5) is 22.7 Å². The van der Waals surface area contributed by atoms with E-state index in [4.69, 9.17) is 23.2 Å². The number of para-hydroxylation sites is 1. The van der Waals surface area contributed by atoms with Crippen LogP contribution in [-0.2, 0) is 19.2 Å². The number of fused-ring (bicyclic) bond motifs is 4. The van der Waals surface area contributed by atoms with E-state index < -0.39 is 51.1 Å². The van der Waals surface area contributed by atoms with Crippen molar-refractivity contribution in [2.75, 3.05) is 29.3 Å². The first-order chi connectivity index (χ1) is 23.3. The monoisotopic (exact) mass is 763 g/mol. The molecular weight excluding hydrogens is 733 g/mol. The SMILES string of the molecule is Cc1cccc([C@H]2C3=CC[C@@H]4C(=O)N(c5ccc(N=Nc6ccc(N(C)C)cc6)cc5)C(=O)[C@@H]4[C@@H]3C[C@@]3(Cl)C(=O)N(CBr)C(=O)[C@@]23Cl)c1O. The van der Waals surface area contributed by atoms with Gasteiger partial charge < -0.3 is 10.0 Å². The minimum absolute atomic E-state index is 0.0778. The summed E-state index contributed by atoms with van der Waals surface area (Å²) in [6, 6.07) is 19.4. The van der Waals surface area contributed by atoms with Crippen LogP contribution in [0.2, 0.25) is 0 Å². The Balaban J connectivity index is 1.23. The number of aromatic hydroxyl groups is 1. The minimum atomic E-state index is -1.98. The Morgan fingerprint density at radius 1 is 0.898 bits per heavy atom. The molecule has 0 spiro atoms. The van der Waals surface area contributed by atoms with Gasteiger partial charge in [-0.25, -0.2) is 0 Å². The number of phenolic OH excluding ortho intramolecular Hbond substituents is 1. The molecule has 2 saturated heterocycles. The lowest BCUT2D eigenvalue weighted by molar-refractivity contribution is -0.138. The summed E-state index contributed by atoms with van der Waals surface area (Å²) < 4.78 is 0. The molecule has 6 atom stereocenters. The third-order valence-corrected chi connectivity index (χ3v) is 12.3. The number of alkyl halides is 3. The Morgan fingerprint density at radius 2 is 1.53 bits per heavy atom. The Bertz CT molecular complexity index is 1970. The van der Waals surface area contributed by atoms with E-state index in [1.165, 1.54) is 4.90 Å². The molecule has 4 aliphatic rings. The quantitative estimate of drug-likeness (QED) is 0.0940. The summed E-state index contributed by atoms with van der Waals surface area (Å²) in [5, 5.41) is 19.9. The maximum atomic E-state index is 14.3. The standard InChI is InChI=1S/C36H32BrCl2N5O5/c1-19-5-4-6-26(30(19)45)29-24-15-16-25-28(27(24)17-35(38)33(48)43(18-37)34(49)36(29,35)39)32(47)44(31(25)46)23-13-9-21(10-14-23)41-40-20-7-11-22(12-8-20)42(2)3/h4-15,25,27-29,45H,16-18H2,1-3H3/t25-,27+,28-,29+,35+,36-/m0/s1. The number of phenols is 1. The van der Waals surface area contributed by atoms with Gasteiger partial charge in [0, 0.05) is 31.3 Å². The molecule has 0 unspecified atom stereocenters. The van der Waals surface area contributed by atoms with Crippen molar-refractivity contribution in [2.45, 2.75) is 35.4 Å². The second-order valence-corrected chi connectivity index (χ2v) is 14.9. The number of halogens is 3. The number of carbonyl (C=O) groups is 4. The summed E-state index contributed by atoms with van der Waals surface area (Å²) in [6.07, 6.45) is 1.92. The third kappa shape index (κ3) is 4.87. The molecule has 3 aromatic rings. The number of amides is 4. The average Bonchev–Trinajstić information content (AvgIpc) is 3.43. The second-order valence-electron chi connectivity index (χ2n) is 13.1. The zero-order valence-electron chi connectivity index (χ0n) is 26.8. The molecule has 3 fully saturated rings. The van der Waals surface area contributed by atoms with Crippen LogP contribution in [0.15, 0.2) is 88.6 Å². The number of hydrogen-bond acceptors (Lipinski definition) is 8. The predicted molar refractivity (Wildman–Crippen MR) is 190 cm³/mol. The van der Waals surface area contributed by atoms with Crippen molar-refractivity contribution >= 4 is 85.5 Å². The molecule has 0 bridgehead atoms. The van der Waals surface area contributed by atoms with Crippen molar-refractivity contribution < 1.29 is 24.3 Å². The molecule has 2 aliphatic carbocycles. The first-order valence-corrected chi connectivity index (χ1v) is 17.7. The number of azo groups is 1. The Morgan fingerprint density at radius 3 is 2.14 bits per heavy atom. The van der Waals surface area contributed by atoms with Gasteiger partial charge in [0.1, 0.15) is 5.75 Å². The molecule has 0 aromatic heterocycles. The van der Waals surface area contributed by atoms with Crippen LogP contribution in [0.1, 0.15) is 29.9 Å². The summed E-state index contributed by atoms with van der Waals surface area (Å²) in [5.41, 5.74) is 4.01. The predicted octanol–water partition coefficient (Wildman–Crippen LogP) is 7.10. The Labute approximate surface area is 301 Å². The first-order valence-electron chi connectivity index (χ1n) is 15.8. The van der Waals surface area contributed by atoms with Crippen LogP contribution in [-0.4, -0.2) is 62.9 Å². The molecule has 1 saturated carbocycles. The van der Waals surface area contributed by atoms with Crippen LogP contribution in [0, 0.1) is 24.7 Å². The summed E-state index contributed by atoms with van der Waals surface area (Å²) in [4.78, 5) is 56.3. The largest absolute Gasteiger partial charge is 0.507 e. The van der Waals surface area contributed by atoms with Gasteiger partial charge in [0.2, 0.25) is 11.8 Å². The number of benzene rings is 3. The summed E-state index contributed by atoms with van der Waals surface area (Å²) >= 11 is 17.8. The highest BCUT2D eigenvalue weighted by Gasteiger charge is 2.76. The number of anilines is 2. The summed E-state index contributed by atoms with van der Waals surface area (Å²) in [7, 11) is 3.91. The van der Waals surface area contributed by atoms with Gasteiger partial charge in [0.25, 0.3) is 11.8 Å². The highest BCUT2D eigenvalue weighted by atomic mass is 79.9. The lowest BCUT2D eigenvalue weighted by atomic mass is 9.56. The molecule has 13 heteroatoms. The van der Waals surface area contributed by atoms with Crippen molar-refractivity contribution in [3.63, 3.8) is 0 Å². The second kappa shape index (κ2) is 12.1. The van der Waals surface area contributed by atoms with Gasteiger partial charge in [-0.1, -0.05) is 45.8 Å². The lowest BCUT2D eigenvalue weighted by Gasteiger charge is -2.50. The first kappa shape index (κ1) is 33.4. The van der Waals surface area contributed by atoms with Crippen molar-refractivity contribution in [2.24, 2.45) is 28.0 Å². The molecule has 2 aliphatic heterocycles. The maximum Gasteiger partial charge on any atom is 0.254 e. The summed E-state index contributed by atoms with van der Waals surface area (Å²) in [6.45, 7) is 1.72. The fraction of sp³-hybridized carbons (Fsp3) is 0.333. The minimum Gasteiger partial charge on any atom is -0.507 e. The lowest BCUT2D eigenvalue weighted by Crippen LogP contribution is -2.60. The van der Waals surface area contributed by atoms with Crippen molar-refractivity contribution in [3.8, 4) is 5.75 Å². The van der Waals surface area contributed by atoms with E-state index in [9.17, 15) is 24.3 Å². The topological polar surface area (TPSA) is 123 Å². The van der Waals surface area contributed by atoms with Crippen LogP contribution < -0.4 is 9.80 Å². The van der Waals surface area contributed by atoms with Crippen LogP contribution >= 0.6 is 39.1 Å². The normalized spacial score (nSPS) is 29.3. The van der Waals surface area contributed by atoms with Crippen LogP contribution in [0.5, 0.6) is 5.75 Å². The molecule has 4 amide bonds. The molecule has 1 N–H and O–H groups in total. The van der Waals surface area contributed by atoms with Crippen molar-refractivity contribution in [3.05, 3.63) is 89.5 Å². The van der Waals surface area contributed by atoms with E-state index >= 15 is 0 Å². The summed E-state index contributed by atoms with van der Waals surface area (Å²) in [5.74, 6) is -5.54. The van der Waals surface area contributed by atoms with Gasteiger partial charge in [-0.2, -0.15) is 10.2 Å². The molecular formula is C36H32BrCl2N5O5. The van der Waals surface area contributed by atoms with E-state index in [1.54, 1.807) is 49.4 Å². The van der Waals surface area contributed by atoms with Gasteiger partial charge >= 0.3 is 0 Å². The molecule has 252 valence electrons.